The summed E-state index contributed by atoms with van der Waals surface area (Å²) >= 11 is 7.71. The first-order valence-corrected chi connectivity index (χ1v) is 11.7. The average molecular weight is 486 g/mol. The Balaban J connectivity index is 1.75. The second kappa shape index (κ2) is 9.77. The Labute approximate surface area is 199 Å². The predicted octanol–water partition coefficient (Wildman–Crippen LogP) is 5.60. The number of nitrogens with zero attached hydrogens (tertiary/aromatic N) is 1. The number of halogens is 2. The predicted molar refractivity (Wildman–Crippen MR) is 126 cm³/mol. The quantitative estimate of drug-likeness (QED) is 0.268. The van der Waals surface area contributed by atoms with E-state index in [0.29, 0.717) is 18.8 Å². The van der Waals surface area contributed by atoms with Crippen molar-refractivity contribution < 1.29 is 23.8 Å². The molecule has 1 unspecified atom stereocenters. The highest BCUT2D eigenvalue weighted by atomic mass is 35.5. The molecule has 1 aromatic heterocycles. The molecule has 0 radical (unpaired) electrons. The molecule has 3 aromatic rings. The zero-order valence-electron chi connectivity index (χ0n) is 17.8. The highest BCUT2D eigenvalue weighted by Crippen LogP contribution is 2.42. The van der Waals surface area contributed by atoms with E-state index in [1.807, 2.05) is 24.4 Å². The maximum absolute atomic E-state index is 13.2. The van der Waals surface area contributed by atoms with Crippen LogP contribution in [0.25, 0.3) is 5.76 Å². The molecule has 1 aliphatic rings. The van der Waals surface area contributed by atoms with Crippen LogP contribution in [0, 0.1) is 5.82 Å². The van der Waals surface area contributed by atoms with Crippen LogP contribution in [-0.2, 0) is 16.0 Å². The fraction of sp³-hybridized carbons (Fsp3) is 0.200. The Bertz CT molecular complexity index is 1210. The number of benzene rings is 2. The molecule has 2 heterocycles. The Kier molecular flexibility index (Phi) is 6.81. The number of ether oxygens (including phenoxy) is 1. The number of ketones is 1. The van der Waals surface area contributed by atoms with Crippen molar-refractivity contribution in [3.63, 3.8) is 0 Å². The van der Waals surface area contributed by atoms with Gasteiger partial charge in [0.25, 0.3) is 11.7 Å². The third-order valence-electron chi connectivity index (χ3n) is 5.41. The number of hydrogen-bond donors (Lipinski definition) is 1. The Morgan fingerprint density at radius 1 is 1.18 bits per heavy atom. The molecule has 2 aromatic carbocycles. The largest absolute Gasteiger partial charge is 0.507 e. The van der Waals surface area contributed by atoms with Gasteiger partial charge in [-0.2, -0.15) is 0 Å². The van der Waals surface area contributed by atoms with E-state index in [9.17, 15) is 19.1 Å². The topological polar surface area (TPSA) is 66.8 Å². The van der Waals surface area contributed by atoms with Crippen LogP contribution in [0.15, 0.2) is 65.6 Å². The highest BCUT2D eigenvalue weighted by molar-refractivity contribution is 7.10. The number of amides is 1. The molecule has 0 bridgehead atoms. The molecule has 1 saturated heterocycles. The van der Waals surface area contributed by atoms with E-state index in [-0.39, 0.29) is 34.3 Å². The molecule has 1 N–H and O–H groups in total. The monoisotopic (exact) mass is 485 g/mol. The van der Waals surface area contributed by atoms with Crippen molar-refractivity contribution in [2.24, 2.45) is 0 Å². The zero-order valence-corrected chi connectivity index (χ0v) is 19.3. The smallest absolute Gasteiger partial charge is 0.295 e. The summed E-state index contributed by atoms with van der Waals surface area (Å²) < 4.78 is 18.7. The lowest BCUT2D eigenvalue weighted by Gasteiger charge is -2.24. The van der Waals surface area contributed by atoms with E-state index in [1.165, 1.54) is 28.4 Å². The summed E-state index contributed by atoms with van der Waals surface area (Å²) in [6.45, 7) is 2.48. The van der Waals surface area contributed by atoms with Gasteiger partial charge in [-0.3, -0.25) is 9.59 Å². The van der Waals surface area contributed by atoms with Crippen molar-refractivity contribution in [2.75, 3.05) is 13.2 Å². The number of aliphatic hydroxyl groups excluding tert-OH is 1. The molecule has 1 atom stereocenters. The van der Waals surface area contributed by atoms with E-state index in [0.717, 1.165) is 10.4 Å². The van der Waals surface area contributed by atoms with Crippen LogP contribution >= 0.6 is 22.9 Å². The fourth-order valence-corrected chi connectivity index (χ4v) is 4.89. The maximum atomic E-state index is 13.2. The van der Waals surface area contributed by atoms with Gasteiger partial charge in [-0.05, 0) is 60.7 Å². The summed E-state index contributed by atoms with van der Waals surface area (Å²) in [4.78, 5) is 28.3. The molecule has 1 aliphatic heterocycles. The number of Topliss-reactive ketones (excluding diaryl/α,β-unsaturated/α-hetero) is 1. The van der Waals surface area contributed by atoms with Crippen LogP contribution < -0.4 is 4.74 Å². The summed E-state index contributed by atoms with van der Waals surface area (Å²) in [7, 11) is 0. The summed E-state index contributed by atoms with van der Waals surface area (Å²) in [5, 5.41) is 13.3. The van der Waals surface area contributed by atoms with Crippen molar-refractivity contribution in [3.05, 3.63) is 92.4 Å². The second-order valence-electron chi connectivity index (χ2n) is 7.46. The van der Waals surface area contributed by atoms with Gasteiger partial charge in [0.05, 0.1) is 23.2 Å². The van der Waals surface area contributed by atoms with Crippen molar-refractivity contribution in [3.8, 4) is 5.75 Å². The van der Waals surface area contributed by atoms with E-state index in [1.54, 1.807) is 30.3 Å². The molecular formula is C25H21ClFNO4S. The van der Waals surface area contributed by atoms with Crippen molar-refractivity contribution in [1.82, 2.24) is 4.90 Å². The molecule has 0 aliphatic carbocycles. The Morgan fingerprint density at radius 2 is 1.94 bits per heavy atom. The van der Waals surface area contributed by atoms with Crippen LogP contribution in [0.3, 0.4) is 0 Å². The number of likely N-dealkylation sites (tertiary alicyclic amines) is 1. The van der Waals surface area contributed by atoms with Crippen LogP contribution in [0.4, 0.5) is 4.39 Å². The number of aliphatic hydroxyl groups is 1. The van der Waals surface area contributed by atoms with Gasteiger partial charge >= 0.3 is 0 Å². The first-order valence-electron chi connectivity index (χ1n) is 10.4. The van der Waals surface area contributed by atoms with Gasteiger partial charge in [0.2, 0.25) is 0 Å². The maximum Gasteiger partial charge on any atom is 0.295 e. The first-order chi connectivity index (χ1) is 15.9. The van der Waals surface area contributed by atoms with Crippen LogP contribution in [0.5, 0.6) is 5.75 Å². The van der Waals surface area contributed by atoms with Crippen LogP contribution in [0.1, 0.15) is 29.0 Å². The molecule has 0 spiro atoms. The van der Waals surface area contributed by atoms with Crippen molar-refractivity contribution in [2.45, 2.75) is 19.4 Å². The molecule has 1 amide bonds. The minimum atomic E-state index is -0.775. The van der Waals surface area contributed by atoms with E-state index < -0.39 is 17.7 Å². The second-order valence-corrected chi connectivity index (χ2v) is 8.85. The van der Waals surface area contributed by atoms with Gasteiger partial charge in [0.1, 0.15) is 17.3 Å². The number of thiophene rings is 1. The van der Waals surface area contributed by atoms with E-state index >= 15 is 0 Å². The van der Waals surface area contributed by atoms with E-state index in [2.05, 4.69) is 0 Å². The lowest BCUT2D eigenvalue weighted by atomic mass is 9.99. The fourth-order valence-electron chi connectivity index (χ4n) is 3.84. The van der Waals surface area contributed by atoms with Crippen molar-refractivity contribution >= 4 is 40.4 Å². The molecule has 4 rings (SSSR count). The molecule has 1 fully saturated rings. The number of carbonyl (C=O) groups is 2. The lowest BCUT2D eigenvalue weighted by molar-refractivity contribution is -0.139. The minimum absolute atomic E-state index is 0.0166. The van der Waals surface area contributed by atoms with Gasteiger partial charge in [0.15, 0.2) is 0 Å². The van der Waals surface area contributed by atoms with Gasteiger partial charge in [-0.25, -0.2) is 4.39 Å². The van der Waals surface area contributed by atoms with Gasteiger partial charge in [0, 0.05) is 17.0 Å². The van der Waals surface area contributed by atoms with Crippen LogP contribution in [0.2, 0.25) is 5.02 Å². The summed E-state index contributed by atoms with van der Waals surface area (Å²) in [6.07, 6.45) is 0.426. The minimum Gasteiger partial charge on any atom is -0.507 e. The lowest BCUT2D eigenvalue weighted by Crippen LogP contribution is -2.31. The number of hydrogen-bond acceptors (Lipinski definition) is 5. The van der Waals surface area contributed by atoms with Crippen molar-refractivity contribution in [1.29, 1.82) is 0 Å². The number of carbonyl (C=O) groups excluding carboxylic acids is 2. The third-order valence-corrected chi connectivity index (χ3v) is 6.67. The van der Waals surface area contributed by atoms with Crippen LogP contribution in [-0.4, -0.2) is 34.8 Å². The molecule has 170 valence electrons. The molecule has 8 heteroatoms. The highest BCUT2D eigenvalue weighted by Gasteiger charge is 2.46. The third kappa shape index (κ3) is 4.65. The molecule has 0 saturated carbocycles. The first kappa shape index (κ1) is 23.0. The van der Waals surface area contributed by atoms with Gasteiger partial charge < -0.3 is 14.7 Å². The molecule has 5 nitrogen and oxygen atoms in total. The van der Waals surface area contributed by atoms with E-state index in [4.69, 9.17) is 16.3 Å². The standard InChI is InChI=1S/C25H21ClFNO4S/c1-2-32-17-9-10-19(26)18(14-17)23(29)21-22(20-4-3-13-33-20)28(25(31)24(21)30)12-11-15-5-7-16(27)8-6-15/h3-10,13-14,22,29H,2,11-12H2,1H3/b23-21-. The SMILES string of the molecule is CCOc1ccc(Cl)c(/C(O)=C2/C(=O)C(=O)N(CCc3ccc(F)cc3)C2c2cccs2)c1. The summed E-state index contributed by atoms with van der Waals surface area (Å²) in [5.74, 6) is -1.68. The number of rotatable bonds is 7. The Morgan fingerprint density at radius 3 is 2.61 bits per heavy atom. The summed E-state index contributed by atoms with van der Waals surface area (Å²) in [5.41, 5.74) is 1.04. The van der Waals surface area contributed by atoms with Gasteiger partial charge in [-0.1, -0.05) is 29.8 Å². The average Bonchev–Trinajstić information content (AvgIpc) is 3.42. The molecular weight excluding hydrogens is 465 g/mol. The van der Waals surface area contributed by atoms with Gasteiger partial charge in [-0.15, -0.1) is 11.3 Å². The molecule has 33 heavy (non-hydrogen) atoms. The summed E-state index contributed by atoms with van der Waals surface area (Å²) in [6, 6.07) is 13.7. The zero-order chi connectivity index (χ0) is 23.5. The Hall–Kier alpha value is -3.16. The normalized spacial score (nSPS) is 17.5.